The molecule has 0 aliphatic heterocycles. The van der Waals surface area contributed by atoms with Crippen LogP contribution in [-0.4, -0.2) is 77.8 Å². The highest BCUT2D eigenvalue weighted by Crippen LogP contribution is 2.43. The summed E-state index contributed by atoms with van der Waals surface area (Å²) in [6.45, 7) is 1.91. The second kappa shape index (κ2) is 17.0. The van der Waals surface area contributed by atoms with Crippen LogP contribution in [0.25, 0.3) is 0 Å². The molecule has 15 heteroatoms. The second-order valence-corrected chi connectivity index (χ2v) is 12.7. The molecule has 3 heterocycles. The van der Waals surface area contributed by atoms with Gasteiger partial charge in [-0.3, -0.25) is 14.6 Å². The van der Waals surface area contributed by atoms with E-state index in [2.05, 4.69) is 36.0 Å². The van der Waals surface area contributed by atoms with Crippen molar-refractivity contribution in [3.8, 4) is 11.5 Å². The predicted octanol–water partition coefficient (Wildman–Crippen LogP) is 4.64. The maximum absolute atomic E-state index is 12.7. The number of hydrogen-bond acceptors (Lipinski definition) is 13. The number of hydrogen-bond donors (Lipinski definition) is 2. The van der Waals surface area contributed by atoms with Crippen molar-refractivity contribution in [2.24, 2.45) is 0 Å². The van der Waals surface area contributed by atoms with Crippen molar-refractivity contribution in [1.29, 1.82) is 0 Å². The number of nitrogens with one attached hydrogen (secondary N) is 2. The highest BCUT2D eigenvalue weighted by atomic mass is 32.1. The summed E-state index contributed by atoms with van der Waals surface area (Å²) in [5.74, 6) is 1.41. The number of nitrogens with zero attached hydrogens (tertiary/aromatic N) is 5. The fraction of sp³-hybridized carbons (Fsp3) is 0.452. The van der Waals surface area contributed by atoms with Crippen molar-refractivity contribution >= 4 is 44.8 Å². The maximum Gasteiger partial charge on any atom is 0.232 e. The van der Waals surface area contributed by atoms with E-state index in [9.17, 15) is 9.59 Å². The van der Waals surface area contributed by atoms with Crippen molar-refractivity contribution < 1.29 is 28.5 Å². The Labute approximate surface area is 275 Å². The molecule has 0 bridgehead atoms. The average molecular weight is 668 g/mol. The molecule has 3 aromatic heterocycles. The third kappa shape index (κ3) is 9.97. The van der Waals surface area contributed by atoms with Gasteiger partial charge in [-0.1, -0.05) is 41.2 Å². The van der Waals surface area contributed by atoms with Crippen molar-refractivity contribution in [3.63, 3.8) is 0 Å². The van der Waals surface area contributed by atoms with Gasteiger partial charge in [-0.25, -0.2) is 0 Å². The van der Waals surface area contributed by atoms with Crippen LogP contribution in [0.5, 0.6) is 11.5 Å². The summed E-state index contributed by atoms with van der Waals surface area (Å²) >= 11 is 2.81. The molecule has 1 aromatic carbocycles. The largest absolute Gasteiger partial charge is 0.491 e. The van der Waals surface area contributed by atoms with E-state index >= 15 is 0 Å². The van der Waals surface area contributed by atoms with Crippen LogP contribution in [-0.2, 0) is 31.9 Å². The summed E-state index contributed by atoms with van der Waals surface area (Å²) in [6.07, 6.45) is 5.78. The molecule has 4 aromatic rings. The quantitative estimate of drug-likeness (QED) is 0.160. The number of ether oxygens (including phenoxy) is 4. The molecule has 0 unspecified atom stereocenters. The standard InChI is InChI=1S/C31H37N7O6S2/c1-41-12-14-43-24-9-6-20(7-10-24)16-26(39)33-30-37-35-28(45-30)21-4-3-5-22(17-21)29-36-38-31(46-29)34-27(40)18-23-8-11-25(19-32-23)44-15-13-42-2/h6-11,19,21-22H,3-5,12-18H2,1-2H3,(H,33,37,39)(H,34,38,40)/t21-,22-/m0/s1. The molecule has 2 N–H and O–H groups in total. The van der Waals surface area contributed by atoms with Crippen LogP contribution >= 0.6 is 22.7 Å². The number of carbonyl (C=O) groups is 2. The normalized spacial score (nSPS) is 16.1. The Morgan fingerprint density at radius 2 is 1.30 bits per heavy atom. The third-order valence-electron chi connectivity index (χ3n) is 7.29. The van der Waals surface area contributed by atoms with Gasteiger partial charge in [-0.2, -0.15) is 0 Å². The molecule has 13 nitrogen and oxygen atoms in total. The first kappa shape index (κ1) is 33.3. The summed E-state index contributed by atoms with van der Waals surface area (Å²) in [4.78, 5) is 29.6. The van der Waals surface area contributed by atoms with Gasteiger partial charge < -0.3 is 29.6 Å². The molecule has 1 aliphatic carbocycles. The summed E-state index contributed by atoms with van der Waals surface area (Å²) < 4.78 is 21.0. The van der Waals surface area contributed by atoms with Crippen LogP contribution in [0, 0.1) is 0 Å². The molecule has 2 amide bonds. The Morgan fingerprint density at radius 3 is 1.87 bits per heavy atom. The Kier molecular flexibility index (Phi) is 12.3. The predicted molar refractivity (Wildman–Crippen MR) is 174 cm³/mol. The van der Waals surface area contributed by atoms with Gasteiger partial charge in [0.15, 0.2) is 0 Å². The van der Waals surface area contributed by atoms with Gasteiger partial charge in [0.2, 0.25) is 22.1 Å². The number of anilines is 2. The van der Waals surface area contributed by atoms with Gasteiger partial charge in [0.25, 0.3) is 0 Å². The molecule has 0 saturated heterocycles. The molecule has 1 saturated carbocycles. The van der Waals surface area contributed by atoms with Gasteiger partial charge >= 0.3 is 0 Å². The topological polar surface area (TPSA) is 160 Å². The first-order chi connectivity index (χ1) is 22.5. The average Bonchev–Trinajstić information content (AvgIpc) is 3.73. The van der Waals surface area contributed by atoms with Crippen molar-refractivity contribution in [2.45, 2.75) is 50.4 Å². The van der Waals surface area contributed by atoms with Crippen LogP contribution in [0.3, 0.4) is 0 Å². The number of carbonyl (C=O) groups excluding carboxylic acids is 2. The molecule has 5 rings (SSSR count). The molecule has 46 heavy (non-hydrogen) atoms. The molecule has 1 fully saturated rings. The molecule has 2 atom stereocenters. The lowest BCUT2D eigenvalue weighted by Gasteiger charge is -2.25. The molecular weight excluding hydrogens is 631 g/mol. The molecule has 0 radical (unpaired) electrons. The van der Waals surface area contributed by atoms with Crippen LogP contribution in [0.2, 0.25) is 0 Å². The maximum atomic E-state index is 12.7. The molecule has 1 aliphatic rings. The monoisotopic (exact) mass is 667 g/mol. The van der Waals surface area contributed by atoms with E-state index in [1.165, 1.54) is 22.7 Å². The third-order valence-corrected chi connectivity index (χ3v) is 9.29. The van der Waals surface area contributed by atoms with Crippen LogP contribution in [0.4, 0.5) is 10.3 Å². The van der Waals surface area contributed by atoms with Crippen molar-refractivity contribution in [3.05, 3.63) is 63.9 Å². The fourth-order valence-corrected chi connectivity index (χ4v) is 6.82. The van der Waals surface area contributed by atoms with Gasteiger partial charge in [0.05, 0.1) is 32.3 Å². The fourth-order valence-electron chi connectivity index (χ4n) is 5.01. The van der Waals surface area contributed by atoms with Gasteiger partial charge in [-0.15, -0.1) is 20.4 Å². The zero-order valence-corrected chi connectivity index (χ0v) is 27.4. The van der Waals surface area contributed by atoms with Crippen molar-refractivity contribution in [2.75, 3.05) is 51.3 Å². The minimum Gasteiger partial charge on any atom is -0.491 e. The SMILES string of the molecule is COCCOc1ccc(CC(=O)Nc2nnc([C@H]3CCC[C@H](c4nnc(NC(=O)Cc5ccc(OCCOC)cn5)s4)C3)s2)cc1. The number of amides is 2. The van der Waals surface area contributed by atoms with E-state index in [0.717, 1.165) is 47.0 Å². The number of pyridine rings is 1. The lowest BCUT2D eigenvalue weighted by Crippen LogP contribution is -2.15. The Morgan fingerprint density at radius 1 is 0.739 bits per heavy atom. The lowest BCUT2D eigenvalue weighted by molar-refractivity contribution is -0.116. The highest BCUT2D eigenvalue weighted by Gasteiger charge is 2.29. The Balaban J connectivity index is 1.08. The Hall–Kier alpha value is -4.05. The highest BCUT2D eigenvalue weighted by molar-refractivity contribution is 7.15. The Bertz CT molecular complexity index is 1430. The number of rotatable bonds is 16. The van der Waals surface area contributed by atoms with Gasteiger partial charge in [-0.05, 0) is 49.1 Å². The van der Waals surface area contributed by atoms with E-state index < -0.39 is 0 Å². The summed E-state index contributed by atoms with van der Waals surface area (Å²) in [5, 5.41) is 25.7. The molecule has 244 valence electrons. The number of aromatic nitrogens is 5. The molecule has 0 spiro atoms. The van der Waals surface area contributed by atoms with E-state index in [-0.39, 0.29) is 36.5 Å². The van der Waals surface area contributed by atoms with Crippen LogP contribution < -0.4 is 20.1 Å². The number of methoxy groups -OCH3 is 2. The minimum atomic E-state index is -0.211. The number of benzene rings is 1. The van der Waals surface area contributed by atoms with Gasteiger partial charge in [0.1, 0.15) is 34.7 Å². The minimum absolute atomic E-state index is 0.116. The second-order valence-electron chi connectivity index (χ2n) is 10.7. The van der Waals surface area contributed by atoms with Crippen molar-refractivity contribution in [1.82, 2.24) is 25.4 Å². The lowest BCUT2D eigenvalue weighted by atomic mass is 9.82. The smallest absolute Gasteiger partial charge is 0.232 e. The van der Waals surface area contributed by atoms with Crippen LogP contribution in [0.1, 0.15) is 58.8 Å². The zero-order chi connectivity index (χ0) is 32.1. The summed E-state index contributed by atoms with van der Waals surface area (Å²) in [6, 6.07) is 11.0. The van der Waals surface area contributed by atoms with E-state index in [4.69, 9.17) is 18.9 Å². The van der Waals surface area contributed by atoms with E-state index in [0.29, 0.717) is 48.1 Å². The summed E-state index contributed by atoms with van der Waals surface area (Å²) in [7, 11) is 3.24. The first-order valence-corrected chi connectivity index (χ1v) is 16.7. The van der Waals surface area contributed by atoms with E-state index in [1.807, 2.05) is 24.3 Å². The van der Waals surface area contributed by atoms with Crippen LogP contribution in [0.15, 0.2) is 42.6 Å². The van der Waals surface area contributed by atoms with Gasteiger partial charge in [0, 0.05) is 31.7 Å². The van der Waals surface area contributed by atoms with E-state index in [1.54, 1.807) is 32.5 Å². The zero-order valence-electron chi connectivity index (χ0n) is 25.8. The molecular formula is C31H37N7O6S2. The first-order valence-electron chi connectivity index (χ1n) is 15.0. The summed E-state index contributed by atoms with van der Waals surface area (Å²) in [5.41, 5.74) is 1.50.